The topological polar surface area (TPSA) is 69.9 Å². The van der Waals surface area contributed by atoms with Gasteiger partial charge in [-0.2, -0.15) is 0 Å². The highest BCUT2D eigenvalue weighted by atomic mass is 35.5. The summed E-state index contributed by atoms with van der Waals surface area (Å²) in [7, 11) is 0. The monoisotopic (exact) mass is 330 g/mol. The number of rotatable bonds is 1. The summed E-state index contributed by atoms with van der Waals surface area (Å²) in [6.07, 6.45) is 2.56. The Morgan fingerprint density at radius 2 is 2.00 bits per heavy atom. The summed E-state index contributed by atoms with van der Waals surface area (Å²) in [5.41, 5.74) is 2.24. The first kappa shape index (κ1) is 15.4. The number of benzene rings is 1. The molecule has 23 heavy (non-hydrogen) atoms. The molecular weight excluding hydrogens is 316 g/mol. The molecule has 2 aromatic heterocycles. The summed E-state index contributed by atoms with van der Waals surface area (Å²) >= 11 is 5.83. The summed E-state index contributed by atoms with van der Waals surface area (Å²) < 4.78 is 6.77. The Bertz CT molecular complexity index is 883. The first-order valence-electron chi connectivity index (χ1n) is 7.03. The van der Waals surface area contributed by atoms with Crippen LogP contribution in [0.4, 0.5) is 4.79 Å². The minimum atomic E-state index is -0.578. The maximum absolute atomic E-state index is 12.3. The zero-order chi connectivity index (χ0) is 16.6. The number of carbonyl (C=O) groups is 1. The highest BCUT2D eigenvalue weighted by Crippen LogP contribution is 2.23. The molecule has 0 radical (unpaired) electrons. The molecule has 0 saturated heterocycles. The van der Waals surface area contributed by atoms with Crippen LogP contribution in [0.15, 0.2) is 36.8 Å². The molecule has 0 N–H and O–H groups in total. The summed E-state index contributed by atoms with van der Waals surface area (Å²) in [6.45, 7) is 5.45. The average molecular weight is 331 g/mol. The summed E-state index contributed by atoms with van der Waals surface area (Å²) in [5.74, 6) is 0. The molecule has 0 unspecified atom stereocenters. The quantitative estimate of drug-likeness (QED) is 0.632. The van der Waals surface area contributed by atoms with Crippen molar-refractivity contribution in [2.24, 2.45) is 0 Å². The van der Waals surface area contributed by atoms with E-state index in [2.05, 4.69) is 15.0 Å². The lowest BCUT2D eigenvalue weighted by atomic mass is 10.1. The van der Waals surface area contributed by atoms with Gasteiger partial charge in [0.1, 0.15) is 11.9 Å². The first-order chi connectivity index (χ1) is 10.8. The summed E-state index contributed by atoms with van der Waals surface area (Å²) in [4.78, 5) is 24.6. The van der Waals surface area contributed by atoms with Crippen molar-refractivity contribution >= 4 is 28.7 Å². The largest absolute Gasteiger partial charge is 0.443 e. The Morgan fingerprint density at radius 3 is 2.70 bits per heavy atom. The van der Waals surface area contributed by atoms with Crippen molar-refractivity contribution in [2.45, 2.75) is 26.4 Å². The van der Waals surface area contributed by atoms with E-state index in [1.807, 2.05) is 39.0 Å². The van der Waals surface area contributed by atoms with Crippen molar-refractivity contribution in [3.63, 3.8) is 0 Å². The van der Waals surface area contributed by atoms with Gasteiger partial charge < -0.3 is 4.74 Å². The van der Waals surface area contributed by atoms with Crippen molar-refractivity contribution in [1.82, 2.24) is 19.5 Å². The second kappa shape index (κ2) is 5.62. The number of aromatic nitrogens is 4. The predicted molar refractivity (Wildman–Crippen MR) is 87.4 cm³/mol. The van der Waals surface area contributed by atoms with E-state index in [0.717, 1.165) is 5.56 Å². The van der Waals surface area contributed by atoms with Gasteiger partial charge in [-0.1, -0.05) is 6.07 Å². The zero-order valence-electron chi connectivity index (χ0n) is 12.9. The van der Waals surface area contributed by atoms with Gasteiger partial charge in [-0.05, 0) is 50.6 Å². The molecule has 0 bridgehead atoms. The van der Waals surface area contributed by atoms with Gasteiger partial charge >= 0.3 is 6.09 Å². The molecule has 118 valence electrons. The molecule has 0 fully saturated rings. The maximum atomic E-state index is 12.3. The smallest absolute Gasteiger partial charge is 0.420 e. The fourth-order valence-corrected chi connectivity index (χ4v) is 2.27. The third-order valence-electron chi connectivity index (χ3n) is 3.06. The maximum Gasteiger partial charge on any atom is 0.420 e. The van der Waals surface area contributed by atoms with E-state index >= 15 is 0 Å². The average Bonchev–Trinajstić information content (AvgIpc) is 2.88. The molecule has 3 aromatic rings. The molecule has 0 aliphatic carbocycles. The molecule has 0 saturated carbocycles. The van der Waals surface area contributed by atoms with Crippen molar-refractivity contribution in [3.05, 3.63) is 42.1 Å². The van der Waals surface area contributed by atoms with E-state index in [0.29, 0.717) is 16.7 Å². The van der Waals surface area contributed by atoms with Gasteiger partial charge in [-0.25, -0.2) is 24.3 Å². The molecule has 6 nitrogen and oxygen atoms in total. The van der Waals surface area contributed by atoms with Crippen LogP contribution in [0.25, 0.3) is 22.3 Å². The third-order valence-corrected chi connectivity index (χ3v) is 3.24. The van der Waals surface area contributed by atoms with Crippen LogP contribution >= 0.6 is 11.6 Å². The molecule has 0 spiro atoms. The number of fused-ring (bicyclic) bond motifs is 1. The molecule has 1 aromatic carbocycles. The lowest BCUT2D eigenvalue weighted by Gasteiger charge is -2.19. The van der Waals surface area contributed by atoms with Crippen molar-refractivity contribution in [3.8, 4) is 11.3 Å². The van der Waals surface area contributed by atoms with Gasteiger partial charge in [0.15, 0.2) is 0 Å². The molecular formula is C16H15ClN4O2. The van der Waals surface area contributed by atoms with Crippen LogP contribution < -0.4 is 0 Å². The highest BCUT2D eigenvalue weighted by Gasteiger charge is 2.19. The Hall–Kier alpha value is -2.47. The van der Waals surface area contributed by atoms with Crippen molar-refractivity contribution in [2.75, 3.05) is 0 Å². The van der Waals surface area contributed by atoms with Gasteiger partial charge in [0.05, 0.1) is 16.7 Å². The molecule has 3 rings (SSSR count). The number of halogens is 1. The van der Waals surface area contributed by atoms with E-state index < -0.39 is 11.7 Å². The number of hydrogen-bond acceptors (Lipinski definition) is 5. The predicted octanol–water partition coefficient (Wildman–Crippen LogP) is 3.93. The normalized spacial score (nSPS) is 11.7. The standard InChI is InChI=1S/C16H15ClN4O2/c1-16(2,3)23-15(22)21-9-19-12-5-4-10(8-13(12)21)11-6-7-18-14(17)20-11/h4-9H,1-3H3. The van der Waals surface area contributed by atoms with E-state index in [1.54, 1.807) is 12.3 Å². The van der Waals surface area contributed by atoms with Crippen LogP contribution in [0.2, 0.25) is 5.28 Å². The molecule has 0 aliphatic rings. The van der Waals surface area contributed by atoms with Crippen molar-refractivity contribution in [1.29, 1.82) is 0 Å². The van der Waals surface area contributed by atoms with Crippen LogP contribution in [0, 0.1) is 0 Å². The van der Waals surface area contributed by atoms with Gasteiger partial charge in [0, 0.05) is 11.8 Å². The molecule has 0 atom stereocenters. The molecule has 0 amide bonds. The van der Waals surface area contributed by atoms with Gasteiger partial charge in [-0.3, -0.25) is 0 Å². The van der Waals surface area contributed by atoms with Crippen LogP contribution in [0.3, 0.4) is 0 Å². The summed E-state index contributed by atoms with van der Waals surface area (Å²) in [6, 6.07) is 7.27. The fourth-order valence-electron chi connectivity index (χ4n) is 2.12. The van der Waals surface area contributed by atoms with Crippen LogP contribution in [-0.2, 0) is 4.74 Å². The third kappa shape index (κ3) is 3.32. The number of ether oxygens (including phenoxy) is 1. The Kier molecular flexibility index (Phi) is 3.77. The molecule has 7 heteroatoms. The second-order valence-corrected chi connectivity index (χ2v) is 6.35. The fraction of sp³-hybridized carbons (Fsp3) is 0.250. The van der Waals surface area contributed by atoms with E-state index in [4.69, 9.17) is 16.3 Å². The highest BCUT2D eigenvalue weighted by molar-refractivity contribution is 6.28. The van der Waals surface area contributed by atoms with Crippen LogP contribution in [0.5, 0.6) is 0 Å². The van der Waals surface area contributed by atoms with Crippen LogP contribution in [0.1, 0.15) is 20.8 Å². The Balaban J connectivity index is 2.05. The van der Waals surface area contributed by atoms with E-state index in [1.165, 1.54) is 10.9 Å². The van der Waals surface area contributed by atoms with Crippen molar-refractivity contribution < 1.29 is 9.53 Å². The van der Waals surface area contributed by atoms with Gasteiger partial charge in [0.2, 0.25) is 5.28 Å². The number of imidazole rings is 1. The Morgan fingerprint density at radius 1 is 1.22 bits per heavy atom. The van der Waals surface area contributed by atoms with E-state index in [9.17, 15) is 4.79 Å². The number of carbonyl (C=O) groups excluding carboxylic acids is 1. The summed E-state index contributed by atoms with van der Waals surface area (Å²) in [5, 5.41) is 0.170. The second-order valence-electron chi connectivity index (χ2n) is 6.01. The van der Waals surface area contributed by atoms with Gasteiger partial charge in [0.25, 0.3) is 0 Å². The minimum absolute atomic E-state index is 0.170. The van der Waals surface area contributed by atoms with Gasteiger partial charge in [-0.15, -0.1) is 0 Å². The molecule has 0 aliphatic heterocycles. The SMILES string of the molecule is CC(C)(C)OC(=O)n1cnc2ccc(-c3ccnc(Cl)n3)cc21. The first-order valence-corrected chi connectivity index (χ1v) is 7.41. The number of nitrogens with zero attached hydrogens (tertiary/aromatic N) is 4. The number of hydrogen-bond donors (Lipinski definition) is 0. The molecule has 2 heterocycles. The van der Waals surface area contributed by atoms with Crippen LogP contribution in [-0.4, -0.2) is 31.2 Å². The van der Waals surface area contributed by atoms with E-state index in [-0.39, 0.29) is 5.28 Å². The Labute approximate surface area is 138 Å². The lowest BCUT2D eigenvalue weighted by molar-refractivity contribution is 0.0543. The minimum Gasteiger partial charge on any atom is -0.443 e. The lowest BCUT2D eigenvalue weighted by Crippen LogP contribution is -2.26. The zero-order valence-corrected chi connectivity index (χ0v) is 13.7.